The highest BCUT2D eigenvalue weighted by atomic mass is 32.2. The lowest BCUT2D eigenvalue weighted by molar-refractivity contribution is -0.141. The average molecular weight is 510 g/mol. The number of hydrogen-bond acceptors (Lipinski definition) is 4. The van der Waals surface area contributed by atoms with Gasteiger partial charge in [0.15, 0.2) is 0 Å². The number of anilines is 1. The fourth-order valence-electron chi connectivity index (χ4n) is 3.47. The quantitative estimate of drug-likeness (QED) is 0.471. The van der Waals surface area contributed by atoms with Crippen LogP contribution in [-0.4, -0.2) is 50.0 Å². The highest BCUT2D eigenvalue weighted by molar-refractivity contribution is 7.92. The molecule has 0 saturated heterocycles. The Labute approximate surface area is 206 Å². The van der Waals surface area contributed by atoms with Crippen LogP contribution in [0.3, 0.4) is 0 Å². The summed E-state index contributed by atoms with van der Waals surface area (Å²) in [5, 5.41) is 2.84. The van der Waals surface area contributed by atoms with Gasteiger partial charge in [0.25, 0.3) is 0 Å². The van der Waals surface area contributed by atoms with E-state index in [4.69, 9.17) is 0 Å². The van der Waals surface area contributed by atoms with E-state index < -0.39 is 33.6 Å². The third kappa shape index (κ3) is 8.31. The summed E-state index contributed by atoms with van der Waals surface area (Å²) in [6.45, 7) is 5.23. The standard InChI is InChI=1S/C25H33F2N3O4S/c1-5-18(2)28-25(32)19(3)29(17-20-9-6-7-10-23(20)27)24(31)11-8-16-30(35(4,33)34)22-14-12-21(26)13-15-22/h6-7,9-10,12-15,18-19H,5,8,11,16-17H2,1-4H3,(H,28,32)/t18-,19-/m1/s1. The van der Waals surface area contributed by atoms with Crippen molar-refractivity contribution in [3.05, 3.63) is 65.7 Å². The molecule has 0 unspecified atom stereocenters. The third-order valence-electron chi connectivity index (χ3n) is 5.73. The molecule has 10 heteroatoms. The molecule has 2 atom stereocenters. The van der Waals surface area contributed by atoms with Gasteiger partial charge in [0.05, 0.1) is 11.9 Å². The van der Waals surface area contributed by atoms with Crippen LogP contribution in [0.5, 0.6) is 0 Å². The molecular formula is C25H33F2N3O4S. The summed E-state index contributed by atoms with van der Waals surface area (Å²) in [5.41, 5.74) is 0.555. The van der Waals surface area contributed by atoms with Crippen molar-refractivity contribution in [1.29, 1.82) is 0 Å². The zero-order chi connectivity index (χ0) is 26.2. The fraction of sp³-hybridized carbons (Fsp3) is 0.440. The molecule has 2 aromatic rings. The second kappa shape index (κ2) is 12.6. The lowest BCUT2D eigenvalue weighted by Crippen LogP contribution is -2.49. The lowest BCUT2D eigenvalue weighted by Gasteiger charge is -2.30. The molecule has 35 heavy (non-hydrogen) atoms. The normalized spacial score (nSPS) is 13.1. The highest BCUT2D eigenvalue weighted by Crippen LogP contribution is 2.20. The number of benzene rings is 2. The van der Waals surface area contributed by atoms with Crippen LogP contribution in [0.2, 0.25) is 0 Å². The molecule has 0 aliphatic carbocycles. The van der Waals surface area contributed by atoms with E-state index in [9.17, 15) is 26.8 Å². The fourth-order valence-corrected chi connectivity index (χ4v) is 4.43. The van der Waals surface area contributed by atoms with Crippen LogP contribution in [0.15, 0.2) is 48.5 Å². The first-order valence-corrected chi connectivity index (χ1v) is 13.3. The van der Waals surface area contributed by atoms with E-state index in [-0.39, 0.29) is 49.1 Å². The molecule has 192 valence electrons. The molecule has 2 amide bonds. The number of sulfonamides is 1. The van der Waals surface area contributed by atoms with Crippen LogP contribution < -0.4 is 9.62 Å². The van der Waals surface area contributed by atoms with Crippen LogP contribution in [0.1, 0.15) is 45.6 Å². The SMILES string of the molecule is CC[C@@H](C)NC(=O)[C@@H](C)N(Cc1ccccc1F)C(=O)CCCN(c1ccc(F)cc1)S(C)(=O)=O. The van der Waals surface area contributed by atoms with Gasteiger partial charge in [-0.15, -0.1) is 0 Å². The Morgan fingerprint density at radius 3 is 2.23 bits per heavy atom. The van der Waals surface area contributed by atoms with Gasteiger partial charge in [0.1, 0.15) is 17.7 Å². The van der Waals surface area contributed by atoms with Crippen molar-refractivity contribution in [1.82, 2.24) is 10.2 Å². The van der Waals surface area contributed by atoms with Crippen molar-refractivity contribution >= 4 is 27.5 Å². The first-order chi connectivity index (χ1) is 16.4. The highest BCUT2D eigenvalue weighted by Gasteiger charge is 2.28. The van der Waals surface area contributed by atoms with Gasteiger partial charge in [-0.3, -0.25) is 13.9 Å². The maximum atomic E-state index is 14.3. The summed E-state index contributed by atoms with van der Waals surface area (Å²) in [4.78, 5) is 27.2. The van der Waals surface area contributed by atoms with Crippen LogP contribution in [-0.2, 0) is 26.2 Å². The van der Waals surface area contributed by atoms with Crippen LogP contribution in [0.25, 0.3) is 0 Å². The van der Waals surface area contributed by atoms with Crippen molar-refractivity contribution in [2.24, 2.45) is 0 Å². The van der Waals surface area contributed by atoms with E-state index in [1.807, 2.05) is 13.8 Å². The molecule has 0 fully saturated rings. The third-order valence-corrected chi connectivity index (χ3v) is 6.93. The molecule has 2 aromatic carbocycles. The van der Waals surface area contributed by atoms with Gasteiger partial charge in [0.2, 0.25) is 21.8 Å². The molecule has 0 radical (unpaired) electrons. The topological polar surface area (TPSA) is 86.8 Å². The Kier molecular flexibility index (Phi) is 10.2. The molecule has 0 spiro atoms. The van der Waals surface area contributed by atoms with E-state index in [0.717, 1.165) is 22.7 Å². The summed E-state index contributed by atoms with van der Waals surface area (Å²) < 4.78 is 53.2. The minimum atomic E-state index is -3.68. The molecule has 0 saturated carbocycles. The van der Waals surface area contributed by atoms with Gasteiger partial charge in [0, 0.05) is 31.1 Å². The van der Waals surface area contributed by atoms with E-state index in [2.05, 4.69) is 5.32 Å². The second-order valence-corrected chi connectivity index (χ2v) is 10.4. The summed E-state index contributed by atoms with van der Waals surface area (Å²) in [7, 11) is -3.68. The van der Waals surface area contributed by atoms with Gasteiger partial charge < -0.3 is 10.2 Å². The van der Waals surface area contributed by atoms with Crippen molar-refractivity contribution in [2.75, 3.05) is 17.1 Å². The summed E-state index contributed by atoms with van der Waals surface area (Å²) in [6, 6.07) is 10.1. The van der Waals surface area contributed by atoms with E-state index in [1.165, 1.54) is 23.1 Å². The smallest absolute Gasteiger partial charge is 0.242 e. The first-order valence-electron chi connectivity index (χ1n) is 11.5. The van der Waals surface area contributed by atoms with Crippen LogP contribution in [0, 0.1) is 11.6 Å². The molecule has 0 aliphatic rings. The summed E-state index contributed by atoms with van der Waals surface area (Å²) in [5.74, 6) is -1.74. The van der Waals surface area contributed by atoms with Gasteiger partial charge in [-0.25, -0.2) is 17.2 Å². The number of nitrogens with one attached hydrogen (secondary N) is 1. The largest absolute Gasteiger partial charge is 0.352 e. The molecule has 0 aliphatic heterocycles. The van der Waals surface area contributed by atoms with E-state index in [0.29, 0.717) is 6.42 Å². The van der Waals surface area contributed by atoms with Crippen molar-refractivity contribution < 1.29 is 26.8 Å². The van der Waals surface area contributed by atoms with Crippen molar-refractivity contribution in [3.63, 3.8) is 0 Å². The predicted molar refractivity (Wildman–Crippen MR) is 132 cm³/mol. The zero-order valence-electron chi connectivity index (χ0n) is 20.5. The molecule has 0 heterocycles. The van der Waals surface area contributed by atoms with Gasteiger partial charge in [-0.05, 0) is 57.0 Å². The number of hydrogen-bond donors (Lipinski definition) is 1. The number of carbonyl (C=O) groups is 2. The molecule has 2 rings (SSSR count). The van der Waals surface area contributed by atoms with Crippen LogP contribution in [0.4, 0.5) is 14.5 Å². The molecule has 7 nitrogen and oxygen atoms in total. The van der Waals surface area contributed by atoms with Gasteiger partial charge in [-0.1, -0.05) is 25.1 Å². The molecule has 1 N–H and O–H groups in total. The number of carbonyl (C=O) groups excluding carboxylic acids is 2. The predicted octanol–water partition coefficient (Wildman–Crippen LogP) is 3.84. The van der Waals surface area contributed by atoms with Crippen LogP contribution >= 0.6 is 0 Å². The Bertz CT molecular complexity index is 1110. The summed E-state index contributed by atoms with van der Waals surface area (Å²) >= 11 is 0. The maximum absolute atomic E-state index is 14.3. The Morgan fingerprint density at radius 1 is 1.03 bits per heavy atom. The Hall–Kier alpha value is -3.01. The lowest BCUT2D eigenvalue weighted by atomic mass is 10.1. The van der Waals surface area contributed by atoms with Gasteiger partial charge in [-0.2, -0.15) is 0 Å². The zero-order valence-corrected chi connectivity index (χ0v) is 21.3. The maximum Gasteiger partial charge on any atom is 0.242 e. The van der Waals surface area contributed by atoms with Gasteiger partial charge >= 0.3 is 0 Å². The summed E-state index contributed by atoms with van der Waals surface area (Å²) in [6.07, 6.45) is 1.83. The number of nitrogens with zero attached hydrogens (tertiary/aromatic N) is 2. The minimum Gasteiger partial charge on any atom is -0.352 e. The second-order valence-electron chi connectivity index (χ2n) is 8.52. The Morgan fingerprint density at radius 2 is 1.66 bits per heavy atom. The van der Waals surface area contributed by atoms with Crippen molar-refractivity contribution in [3.8, 4) is 0 Å². The monoisotopic (exact) mass is 509 g/mol. The molecule has 0 bridgehead atoms. The van der Waals surface area contributed by atoms with E-state index in [1.54, 1.807) is 25.1 Å². The first kappa shape index (κ1) is 28.2. The molecular weight excluding hydrogens is 476 g/mol. The molecule has 0 aromatic heterocycles. The van der Waals surface area contributed by atoms with E-state index >= 15 is 0 Å². The average Bonchev–Trinajstić information content (AvgIpc) is 2.80. The Balaban J connectivity index is 2.18. The number of halogens is 2. The minimum absolute atomic E-state index is 0.0167. The number of rotatable bonds is 12. The van der Waals surface area contributed by atoms with Crippen molar-refractivity contribution in [2.45, 2.75) is 58.7 Å². The number of amides is 2.